The van der Waals surface area contributed by atoms with Crippen LogP contribution in [0.3, 0.4) is 0 Å². The standard InChI is InChI=1S/C10H16N4/c1-3-5-9(7-11)13-14-10(8-12)6-4-2/h9-10H,3-6H2,1-2H3/b14-13+. The summed E-state index contributed by atoms with van der Waals surface area (Å²) in [6.07, 6.45) is 3.24. The van der Waals surface area contributed by atoms with E-state index in [0.29, 0.717) is 12.8 Å². The third-order valence-corrected chi connectivity index (χ3v) is 1.77. The molecule has 0 heterocycles. The van der Waals surface area contributed by atoms with E-state index in [2.05, 4.69) is 22.4 Å². The van der Waals surface area contributed by atoms with Gasteiger partial charge in [-0.15, -0.1) is 0 Å². The van der Waals surface area contributed by atoms with Gasteiger partial charge in [-0.2, -0.15) is 20.8 Å². The van der Waals surface area contributed by atoms with Gasteiger partial charge >= 0.3 is 0 Å². The van der Waals surface area contributed by atoms with Crippen LogP contribution in [0, 0.1) is 22.7 Å². The average Bonchev–Trinajstić information content (AvgIpc) is 2.22. The van der Waals surface area contributed by atoms with Crippen molar-refractivity contribution < 1.29 is 0 Å². The van der Waals surface area contributed by atoms with Crippen LogP contribution >= 0.6 is 0 Å². The Hall–Kier alpha value is -1.42. The van der Waals surface area contributed by atoms with Crippen molar-refractivity contribution in [2.45, 2.75) is 51.6 Å². The molecule has 0 saturated heterocycles. The van der Waals surface area contributed by atoms with Gasteiger partial charge in [0.25, 0.3) is 0 Å². The third kappa shape index (κ3) is 5.27. The van der Waals surface area contributed by atoms with Crippen LogP contribution in [-0.4, -0.2) is 12.1 Å². The number of hydrogen-bond acceptors (Lipinski definition) is 4. The molecule has 14 heavy (non-hydrogen) atoms. The smallest absolute Gasteiger partial charge is 0.157 e. The van der Waals surface area contributed by atoms with Crippen LogP contribution in [0.5, 0.6) is 0 Å². The number of rotatable bonds is 6. The van der Waals surface area contributed by atoms with Crippen LogP contribution in [0.1, 0.15) is 39.5 Å². The normalized spacial score (nSPS) is 14.6. The van der Waals surface area contributed by atoms with Crippen molar-refractivity contribution in [1.29, 1.82) is 10.5 Å². The van der Waals surface area contributed by atoms with E-state index >= 15 is 0 Å². The van der Waals surface area contributed by atoms with E-state index in [0.717, 1.165) is 12.8 Å². The molecule has 0 bridgehead atoms. The van der Waals surface area contributed by atoms with Crippen molar-refractivity contribution in [3.05, 3.63) is 0 Å². The number of hydrogen-bond donors (Lipinski definition) is 0. The maximum absolute atomic E-state index is 8.69. The minimum atomic E-state index is -0.382. The summed E-state index contributed by atoms with van der Waals surface area (Å²) in [5.74, 6) is 0. The molecule has 0 saturated carbocycles. The van der Waals surface area contributed by atoms with Crippen molar-refractivity contribution in [3.8, 4) is 12.1 Å². The second kappa shape index (κ2) is 8.19. The molecule has 0 aliphatic rings. The summed E-state index contributed by atoms with van der Waals surface area (Å²) in [5, 5.41) is 25.1. The molecule has 0 aliphatic carbocycles. The van der Waals surface area contributed by atoms with E-state index in [1.807, 2.05) is 13.8 Å². The maximum Gasteiger partial charge on any atom is 0.157 e. The summed E-state index contributed by atoms with van der Waals surface area (Å²) in [7, 11) is 0. The quantitative estimate of drug-likeness (QED) is 0.607. The minimum Gasteiger partial charge on any atom is -0.196 e. The summed E-state index contributed by atoms with van der Waals surface area (Å²) in [6, 6.07) is 3.35. The molecule has 76 valence electrons. The molecule has 0 aromatic heterocycles. The first-order valence-corrected chi connectivity index (χ1v) is 4.97. The molecule has 0 aromatic rings. The molecule has 0 spiro atoms. The van der Waals surface area contributed by atoms with Gasteiger partial charge in [-0.1, -0.05) is 26.7 Å². The zero-order valence-corrected chi connectivity index (χ0v) is 8.77. The first-order chi connectivity index (χ1) is 6.78. The fourth-order valence-corrected chi connectivity index (χ4v) is 1.00. The van der Waals surface area contributed by atoms with Gasteiger partial charge in [-0.3, -0.25) is 0 Å². The van der Waals surface area contributed by atoms with Crippen molar-refractivity contribution in [2.24, 2.45) is 10.2 Å². The summed E-state index contributed by atoms with van der Waals surface area (Å²) >= 11 is 0. The maximum atomic E-state index is 8.69. The molecular formula is C10H16N4. The van der Waals surface area contributed by atoms with Crippen molar-refractivity contribution in [1.82, 2.24) is 0 Å². The molecule has 0 N–H and O–H groups in total. The highest BCUT2D eigenvalue weighted by atomic mass is 15.1. The summed E-state index contributed by atoms with van der Waals surface area (Å²) in [6.45, 7) is 3.99. The lowest BCUT2D eigenvalue weighted by Gasteiger charge is -2.01. The SMILES string of the molecule is CCCC(C#N)/N=N/C(C#N)CCC. The Bertz CT molecular complexity index is 220. The largest absolute Gasteiger partial charge is 0.196 e. The first kappa shape index (κ1) is 12.6. The zero-order valence-electron chi connectivity index (χ0n) is 8.77. The van der Waals surface area contributed by atoms with Crippen LogP contribution < -0.4 is 0 Å². The molecule has 4 nitrogen and oxygen atoms in total. The van der Waals surface area contributed by atoms with E-state index in [-0.39, 0.29) is 12.1 Å². The second-order valence-electron chi connectivity index (χ2n) is 3.10. The van der Waals surface area contributed by atoms with Gasteiger partial charge in [0.2, 0.25) is 0 Å². The molecule has 0 rings (SSSR count). The molecule has 2 atom stereocenters. The molecule has 2 unspecified atom stereocenters. The molecule has 0 amide bonds. The van der Waals surface area contributed by atoms with E-state index in [1.54, 1.807) is 0 Å². The lowest BCUT2D eigenvalue weighted by Crippen LogP contribution is -2.03. The van der Waals surface area contributed by atoms with Gasteiger partial charge in [0, 0.05) is 0 Å². The van der Waals surface area contributed by atoms with Gasteiger partial charge in [-0.25, -0.2) is 0 Å². The highest BCUT2D eigenvalue weighted by Gasteiger charge is 2.06. The van der Waals surface area contributed by atoms with Gasteiger partial charge in [0.15, 0.2) is 12.1 Å². The predicted octanol–water partition coefficient (Wildman–Crippen LogP) is 2.82. The van der Waals surface area contributed by atoms with Gasteiger partial charge in [0.1, 0.15) is 0 Å². The van der Waals surface area contributed by atoms with Crippen molar-refractivity contribution in [2.75, 3.05) is 0 Å². The Morgan fingerprint density at radius 1 is 0.929 bits per heavy atom. The Labute approximate surface area is 85.3 Å². The van der Waals surface area contributed by atoms with Gasteiger partial charge in [-0.05, 0) is 12.8 Å². The van der Waals surface area contributed by atoms with E-state index in [1.165, 1.54) is 0 Å². The van der Waals surface area contributed by atoms with Crippen molar-refractivity contribution in [3.63, 3.8) is 0 Å². The lowest BCUT2D eigenvalue weighted by atomic mass is 10.2. The second-order valence-corrected chi connectivity index (χ2v) is 3.10. The highest BCUT2D eigenvalue weighted by Crippen LogP contribution is 2.05. The fourth-order valence-electron chi connectivity index (χ4n) is 1.00. The summed E-state index contributed by atoms with van der Waals surface area (Å²) in [5.41, 5.74) is 0. The average molecular weight is 192 g/mol. The molecule has 0 radical (unpaired) electrons. The van der Waals surface area contributed by atoms with E-state index < -0.39 is 0 Å². The van der Waals surface area contributed by atoms with Crippen LogP contribution in [0.25, 0.3) is 0 Å². The van der Waals surface area contributed by atoms with E-state index in [9.17, 15) is 0 Å². The summed E-state index contributed by atoms with van der Waals surface area (Å²) < 4.78 is 0. The van der Waals surface area contributed by atoms with Gasteiger partial charge in [0.05, 0.1) is 12.1 Å². The third-order valence-electron chi connectivity index (χ3n) is 1.77. The Balaban J connectivity index is 4.11. The number of nitriles is 2. The minimum absolute atomic E-state index is 0.382. The first-order valence-electron chi connectivity index (χ1n) is 4.97. The fraction of sp³-hybridized carbons (Fsp3) is 0.800. The molecule has 0 fully saturated rings. The van der Waals surface area contributed by atoms with Crippen LogP contribution in [0.2, 0.25) is 0 Å². The molecule has 0 aromatic carbocycles. The molecule has 0 aliphatic heterocycles. The predicted molar refractivity (Wildman–Crippen MR) is 53.5 cm³/mol. The zero-order chi connectivity index (χ0) is 10.8. The van der Waals surface area contributed by atoms with E-state index in [4.69, 9.17) is 10.5 Å². The molecular weight excluding hydrogens is 176 g/mol. The van der Waals surface area contributed by atoms with Crippen LogP contribution in [-0.2, 0) is 0 Å². The number of azo groups is 1. The number of nitrogens with zero attached hydrogens (tertiary/aromatic N) is 4. The monoisotopic (exact) mass is 192 g/mol. The Kier molecular flexibility index (Phi) is 7.36. The van der Waals surface area contributed by atoms with Crippen LogP contribution in [0.15, 0.2) is 10.2 Å². The molecule has 4 heteroatoms. The Morgan fingerprint density at radius 3 is 1.50 bits per heavy atom. The lowest BCUT2D eigenvalue weighted by molar-refractivity contribution is 0.618. The summed E-state index contributed by atoms with van der Waals surface area (Å²) in [4.78, 5) is 0. The van der Waals surface area contributed by atoms with Gasteiger partial charge < -0.3 is 0 Å². The highest BCUT2D eigenvalue weighted by molar-refractivity contribution is 4.92. The topological polar surface area (TPSA) is 72.3 Å². The van der Waals surface area contributed by atoms with Crippen molar-refractivity contribution >= 4 is 0 Å². The Morgan fingerprint density at radius 2 is 1.29 bits per heavy atom. The van der Waals surface area contributed by atoms with Crippen LogP contribution in [0.4, 0.5) is 0 Å².